The van der Waals surface area contributed by atoms with Crippen molar-refractivity contribution in [3.63, 3.8) is 0 Å². The molecule has 0 radical (unpaired) electrons. The summed E-state index contributed by atoms with van der Waals surface area (Å²) in [6.45, 7) is 0. The van der Waals surface area contributed by atoms with Gasteiger partial charge in [0.15, 0.2) is 0 Å². The molecule has 0 saturated heterocycles. The summed E-state index contributed by atoms with van der Waals surface area (Å²) in [5.41, 5.74) is 6.23. The predicted octanol–water partition coefficient (Wildman–Crippen LogP) is 7.49. The molecule has 0 aliphatic rings. The van der Waals surface area contributed by atoms with Crippen LogP contribution in [0, 0.1) is 0 Å². The highest BCUT2D eigenvalue weighted by molar-refractivity contribution is 7.98. The largest absolute Gasteiger partial charge is 0.239 e. The van der Waals surface area contributed by atoms with Crippen LogP contribution in [-0.4, -0.2) is 16.2 Å². The predicted molar refractivity (Wildman–Crippen MR) is 125 cm³/mol. The quantitative estimate of drug-likeness (QED) is 0.174. The first-order valence-corrected chi connectivity index (χ1v) is 10.9. The van der Waals surface area contributed by atoms with Gasteiger partial charge in [-0.1, -0.05) is 84.4 Å². The van der Waals surface area contributed by atoms with Crippen molar-refractivity contribution >= 4 is 45.2 Å². The standard InChI is InChI=1S/C25H17ClN2S/c1-29-23-15-21(17-10-6-3-7-11-17)19-13-12-18-20(16-8-4-2-5-9-16)14-22(26)27-24(18)25(19)28-23/h2-15H,1H3. The smallest absolute Gasteiger partial charge is 0.130 e. The summed E-state index contributed by atoms with van der Waals surface area (Å²) < 4.78 is 0. The molecule has 0 saturated carbocycles. The van der Waals surface area contributed by atoms with E-state index in [1.807, 2.05) is 36.6 Å². The fourth-order valence-electron chi connectivity index (χ4n) is 3.74. The second-order valence-electron chi connectivity index (χ2n) is 6.79. The van der Waals surface area contributed by atoms with Gasteiger partial charge in [-0.25, -0.2) is 9.97 Å². The number of fused-ring (bicyclic) bond motifs is 3. The molecule has 0 spiro atoms. The maximum Gasteiger partial charge on any atom is 0.130 e. The lowest BCUT2D eigenvalue weighted by molar-refractivity contribution is 1.20. The van der Waals surface area contributed by atoms with Gasteiger partial charge in [0.05, 0.1) is 16.1 Å². The number of halogens is 1. The highest BCUT2D eigenvalue weighted by atomic mass is 35.5. The Morgan fingerprint density at radius 3 is 1.72 bits per heavy atom. The van der Waals surface area contributed by atoms with Crippen LogP contribution < -0.4 is 0 Å². The minimum Gasteiger partial charge on any atom is -0.239 e. The summed E-state index contributed by atoms with van der Waals surface area (Å²) in [4.78, 5) is 9.62. The Morgan fingerprint density at radius 2 is 1.17 bits per heavy atom. The fraction of sp³-hybridized carbons (Fsp3) is 0.0400. The molecule has 2 nitrogen and oxygen atoms in total. The molecule has 0 unspecified atom stereocenters. The third-order valence-corrected chi connectivity index (χ3v) is 5.90. The Kier molecular flexibility index (Phi) is 4.70. The minimum atomic E-state index is 0.474. The van der Waals surface area contributed by atoms with Crippen molar-refractivity contribution < 1.29 is 0 Å². The Hall–Kier alpha value is -2.88. The van der Waals surface area contributed by atoms with Crippen LogP contribution in [0.2, 0.25) is 5.15 Å². The van der Waals surface area contributed by atoms with Crippen LogP contribution in [0.4, 0.5) is 0 Å². The fourth-order valence-corrected chi connectivity index (χ4v) is 4.35. The summed E-state index contributed by atoms with van der Waals surface area (Å²) in [5.74, 6) is 0. The third-order valence-electron chi connectivity index (χ3n) is 5.08. The maximum atomic E-state index is 6.46. The highest BCUT2D eigenvalue weighted by Gasteiger charge is 2.15. The molecule has 2 heterocycles. The zero-order valence-corrected chi connectivity index (χ0v) is 17.3. The monoisotopic (exact) mass is 412 g/mol. The highest BCUT2D eigenvalue weighted by Crippen LogP contribution is 2.37. The first-order valence-electron chi connectivity index (χ1n) is 9.33. The molecule has 0 bridgehead atoms. The molecule has 5 rings (SSSR count). The molecular formula is C25H17ClN2S. The molecule has 29 heavy (non-hydrogen) atoms. The van der Waals surface area contributed by atoms with Crippen LogP contribution >= 0.6 is 23.4 Å². The molecular weight excluding hydrogens is 396 g/mol. The molecule has 2 aromatic heterocycles. The zero-order valence-electron chi connectivity index (χ0n) is 15.8. The molecule has 0 amide bonds. The number of thioether (sulfide) groups is 1. The Morgan fingerprint density at radius 1 is 0.655 bits per heavy atom. The molecule has 0 N–H and O–H groups in total. The molecule has 0 atom stereocenters. The molecule has 0 aliphatic heterocycles. The van der Waals surface area contributed by atoms with Crippen molar-refractivity contribution in [1.29, 1.82) is 0 Å². The van der Waals surface area contributed by atoms with Gasteiger partial charge in [0.25, 0.3) is 0 Å². The van der Waals surface area contributed by atoms with E-state index in [9.17, 15) is 0 Å². The van der Waals surface area contributed by atoms with E-state index in [4.69, 9.17) is 21.6 Å². The van der Waals surface area contributed by atoms with Crippen LogP contribution in [0.1, 0.15) is 0 Å². The van der Waals surface area contributed by atoms with Crippen LogP contribution in [0.5, 0.6) is 0 Å². The Labute approximate surface area is 178 Å². The first-order chi connectivity index (χ1) is 14.2. The molecule has 5 aromatic rings. The SMILES string of the molecule is CSc1cc(-c2ccccc2)c2ccc3c(-c4ccccc4)cc(Cl)nc3c2n1. The Bertz CT molecular complexity index is 1340. The van der Waals surface area contributed by atoms with Gasteiger partial charge in [-0.2, -0.15) is 0 Å². The van der Waals surface area contributed by atoms with Crippen molar-refractivity contribution in [3.8, 4) is 22.3 Å². The lowest BCUT2D eigenvalue weighted by Gasteiger charge is -2.13. The summed E-state index contributed by atoms with van der Waals surface area (Å²) in [6.07, 6.45) is 2.05. The van der Waals surface area contributed by atoms with Crippen molar-refractivity contribution in [2.75, 3.05) is 6.26 Å². The second-order valence-corrected chi connectivity index (χ2v) is 8.01. The summed E-state index contributed by atoms with van der Waals surface area (Å²) in [6, 6.07) is 29.1. The number of pyridine rings is 2. The maximum absolute atomic E-state index is 6.46. The normalized spacial score (nSPS) is 11.2. The number of benzene rings is 3. The lowest BCUT2D eigenvalue weighted by atomic mass is 9.96. The molecule has 0 fully saturated rings. The minimum absolute atomic E-state index is 0.474. The van der Waals surface area contributed by atoms with Crippen molar-refractivity contribution in [2.24, 2.45) is 0 Å². The third kappa shape index (κ3) is 3.27. The van der Waals surface area contributed by atoms with Crippen molar-refractivity contribution in [2.45, 2.75) is 5.03 Å². The van der Waals surface area contributed by atoms with Crippen LogP contribution in [0.15, 0.2) is 90.0 Å². The molecule has 3 aromatic carbocycles. The van der Waals surface area contributed by atoms with E-state index >= 15 is 0 Å². The zero-order chi connectivity index (χ0) is 19.8. The lowest BCUT2D eigenvalue weighted by Crippen LogP contribution is -1.93. The van der Waals surface area contributed by atoms with E-state index in [0.29, 0.717) is 5.15 Å². The number of nitrogens with zero attached hydrogens (tertiary/aromatic N) is 2. The van der Waals surface area contributed by atoms with Crippen LogP contribution in [-0.2, 0) is 0 Å². The van der Waals surface area contributed by atoms with Gasteiger partial charge in [-0.15, -0.1) is 11.8 Å². The van der Waals surface area contributed by atoms with Gasteiger partial charge in [0.2, 0.25) is 0 Å². The number of rotatable bonds is 3. The van der Waals surface area contributed by atoms with E-state index < -0.39 is 0 Å². The van der Waals surface area contributed by atoms with Crippen LogP contribution in [0.3, 0.4) is 0 Å². The molecule has 4 heteroatoms. The summed E-state index contributed by atoms with van der Waals surface area (Å²) >= 11 is 8.09. The van der Waals surface area contributed by atoms with Gasteiger partial charge in [0, 0.05) is 10.8 Å². The number of aromatic nitrogens is 2. The van der Waals surface area contributed by atoms with Crippen molar-refractivity contribution in [1.82, 2.24) is 9.97 Å². The second kappa shape index (κ2) is 7.51. The van der Waals surface area contributed by atoms with Gasteiger partial charge < -0.3 is 0 Å². The first kappa shape index (κ1) is 18.2. The van der Waals surface area contributed by atoms with E-state index in [2.05, 4.69) is 54.6 Å². The van der Waals surface area contributed by atoms with Gasteiger partial charge in [0.1, 0.15) is 5.15 Å². The van der Waals surface area contributed by atoms with E-state index in [-0.39, 0.29) is 0 Å². The van der Waals surface area contributed by atoms with Gasteiger partial charge in [-0.3, -0.25) is 0 Å². The van der Waals surface area contributed by atoms with Crippen molar-refractivity contribution in [3.05, 3.63) is 90.1 Å². The van der Waals surface area contributed by atoms with E-state index in [1.165, 1.54) is 5.56 Å². The van der Waals surface area contributed by atoms with Crippen LogP contribution in [0.25, 0.3) is 44.1 Å². The topological polar surface area (TPSA) is 25.8 Å². The summed E-state index contributed by atoms with van der Waals surface area (Å²) in [5, 5.41) is 3.57. The van der Waals surface area contributed by atoms with E-state index in [0.717, 1.165) is 43.5 Å². The van der Waals surface area contributed by atoms with Gasteiger partial charge >= 0.3 is 0 Å². The summed E-state index contributed by atoms with van der Waals surface area (Å²) in [7, 11) is 0. The number of hydrogen-bond acceptors (Lipinski definition) is 3. The van der Waals surface area contributed by atoms with E-state index in [1.54, 1.807) is 11.8 Å². The number of hydrogen-bond donors (Lipinski definition) is 0. The molecule has 0 aliphatic carbocycles. The van der Waals surface area contributed by atoms with Gasteiger partial charge in [-0.05, 0) is 40.6 Å². The average Bonchev–Trinajstić information content (AvgIpc) is 2.78. The average molecular weight is 413 g/mol. The molecule has 140 valence electrons. The Balaban J connectivity index is 1.89.